The lowest BCUT2D eigenvalue weighted by molar-refractivity contribution is -0.0537. The first-order chi connectivity index (χ1) is 10.1. The van der Waals surface area contributed by atoms with Crippen molar-refractivity contribution in [2.75, 3.05) is 19.5 Å². The minimum Gasteiger partial charge on any atom is -0.468 e. The lowest BCUT2D eigenvalue weighted by Gasteiger charge is -2.18. The molecule has 21 heavy (non-hydrogen) atoms. The molecule has 0 aliphatic carbocycles. The lowest BCUT2D eigenvalue weighted by Crippen LogP contribution is -2.33. The molecule has 4 unspecified atom stereocenters. The fourth-order valence-electron chi connectivity index (χ4n) is 2.37. The largest absolute Gasteiger partial charge is 0.468 e. The topological polar surface area (TPSA) is 149 Å². The average Bonchev–Trinajstić information content (AvgIpc) is 2.99. The Hall–Kier alpha value is -2.01. The molecule has 0 amide bonds. The van der Waals surface area contributed by atoms with Gasteiger partial charge in [-0.25, -0.2) is 14.5 Å². The summed E-state index contributed by atoms with van der Waals surface area (Å²) in [4.78, 5) is 12.0. The molecule has 1 aliphatic rings. The van der Waals surface area contributed by atoms with E-state index in [2.05, 4.69) is 15.0 Å². The number of methoxy groups -OCH3 is 1. The van der Waals surface area contributed by atoms with Crippen LogP contribution in [0.3, 0.4) is 0 Å². The highest BCUT2D eigenvalue weighted by Crippen LogP contribution is 2.35. The van der Waals surface area contributed by atoms with Crippen molar-refractivity contribution in [1.29, 1.82) is 0 Å². The van der Waals surface area contributed by atoms with Crippen LogP contribution in [0.1, 0.15) is 6.23 Å². The Bertz CT molecular complexity index is 662. The van der Waals surface area contributed by atoms with E-state index in [0.29, 0.717) is 11.2 Å². The summed E-state index contributed by atoms with van der Waals surface area (Å²) in [6.07, 6.45) is -3.18. The number of hydrogen-bond donors (Lipinski definition) is 4. The van der Waals surface area contributed by atoms with Gasteiger partial charge in [0, 0.05) is 0 Å². The first kappa shape index (κ1) is 13.9. The van der Waals surface area contributed by atoms with E-state index >= 15 is 0 Å². The summed E-state index contributed by atoms with van der Waals surface area (Å²) in [5.74, 6) is 0.156. The molecular formula is C11H15N5O5. The first-order valence-electron chi connectivity index (χ1n) is 6.23. The maximum Gasteiger partial charge on any atom is 0.300 e. The number of aliphatic hydroxyl groups is 3. The third-order valence-corrected chi connectivity index (χ3v) is 3.43. The van der Waals surface area contributed by atoms with Crippen molar-refractivity contribution in [2.45, 2.75) is 24.5 Å². The highest BCUT2D eigenvalue weighted by atomic mass is 16.6. The molecule has 10 heteroatoms. The Morgan fingerprint density at radius 1 is 1.38 bits per heavy atom. The van der Waals surface area contributed by atoms with Crippen LogP contribution < -0.4 is 10.5 Å². The molecule has 1 saturated heterocycles. The Balaban J connectivity index is 2.14. The molecular weight excluding hydrogens is 282 g/mol. The smallest absolute Gasteiger partial charge is 0.300 e. The number of aliphatic hydroxyl groups excluding tert-OH is 3. The number of nitrogens with two attached hydrogens (primary N) is 1. The molecule has 0 aromatic carbocycles. The molecule has 3 rings (SSSR count). The van der Waals surface area contributed by atoms with Crippen molar-refractivity contribution in [3.05, 3.63) is 6.33 Å². The molecule has 114 valence electrons. The van der Waals surface area contributed by atoms with Gasteiger partial charge in [0.25, 0.3) is 0 Å². The molecule has 10 nitrogen and oxygen atoms in total. The third-order valence-electron chi connectivity index (χ3n) is 3.43. The van der Waals surface area contributed by atoms with Gasteiger partial charge in [-0.3, -0.25) is 0 Å². The van der Waals surface area contributed by atoms with Crippen molar-refractivity contribution in [3.8, 4) is 6.01 Å². The molecule has 2 aromatic heterocycles. The Morgan fingerprint density at radius 2 is 2.14 bits per heavy atom. The normalized spacial score (nSPS) is 29.1. The standard InChI is InChI=1S/C11H15N5O5/c1-20-11-15-5-8(12)13-3-14-9(5)16(11)10-7(19)6(18)4(2-17)21-10/h3-4,6-7,10,17-19H,2H2,1H3,(H2,12,13,14). The molecule has 0 radical (unpaired) electrons. The van der Waals surface area contributed by atoms with E-state index in [1.807, 2.05) is 0 Å². The Labute approximate surface area is 118 Å². The molecule has 5 N–H and O–H groups in total. The average molecular weight is 297 g/mol. The number of ether oxygens (including phenoxy) is 2. The number of nitrogens with zero attached hydrogens (tertiary/aromatic N) is 4. The van der Waals surface area contributed by atoms with Gasteiger partial charge in [-0.2, -0.15) is 4.98 Å². The van der Waals surface area contributed by atoms with Crippen molar-refractivity contribution >= 4 is 17.0 Å². The summed E-state index contributed by atoms with van der Waals surface area (Å²) in [6, 6.07) is 0.104. The summed E-state index contributed by atoms with van der Waals surface area (Å²) >= 11 is 0. The van der Waals surface area contributed by atoms with Gasteiger partial charge in [0.2, 0.25) is 0 Å². The highest BCUT2D eigenvalue weighted by molar-refractivity contribution is 5.82. The van der Waals surface area contributed by atoms with Crippen molar-refractivity contribution in [3.63, 3.8) is 0 Å². The number of anilines is 1. The molecule has 3 heterocycles. The van der Waals surface area contributed by atoms with Gasteiger partial charge < -0.3 is 30.5 Å². The highest BCUT2D eigenvalue weighted by Gasteiger charge is 2.45. The number of nitrogen functional groups attached to an aromatic ring is 1. The van der Waals surface area contributed by atoms with Gasteiger partial charge in [0.15, 0.2) is 23.2 Å². The fraction of sp³-hybridized carbons (Fsp3) is 0.545. The van der Waals surface area contributed by atoms with Crippen LogP contribution in [0.5, 0.6) is 6.01 Å². The second kappa shape index (κ2) is 5.07. The van der Waals surface area contributed by atoms with Gasteiger partial charge >= 0.3 is 6.01 Å². The quantitative estimate of drug-likeness (QED) is 0.506. The van der Waals surface area contributed by atoms with E-state index in [0.717, 1.165) is 0 Å². The van der Waals surface area contributed by atoms with Crippen molar-refractivity contribution < 1.29 is 24.8 Å². The van der Waals surface area contributed by atoms with Crippen LogP contribution in [0, 0.1) is 0 Å². The number of aromatic nitrogens is 4. The number of hydrogen-bond acceptors (Lipinski definition) is 9. The summed E-state index contributed by atoms with van der Waals surface area (Å²) in [6.45, 7) is -0.430. The monoisotopic (exact) mass is 297 g/mol. The summed E-state index contributed by atoms with van der Waals surface area (Å²) in [5.41, 5.74) is 6.33. The van der Waals surface area contributed by atoms with Crippen LogP contribution in [0.2, 0.25) is 0 Å². The Kier molecular flexibility index (Phi) is 3.37. The molecule has 1 aliphatic heterocycles. The SMILES string of the molecule is COc1nc2c(N)ncnc2n1C1OC(CO)C(O)C1O. The number of fused-ring (bicyclic) bond motifs is 1. The van der Waals surface area contributed by atoms with E-state index in [1.54, 1.807) is 0 Å². The van der Waals surface area contributed by atoms with Crippen LogP contribution in [-0.2, 0) is 4.74 Å². The minimum atomic E-state index is -1.27. The predicted octanol–water partition coefficient (Wildman–Crippen LogP) is -1.97. The first-order valence-corrected chi connectivity index (χ1v) is 6.23. The fourth-order valence-corrected chi connectivity index (χ4v) is 2.37. The third kappa shape index (κ3) is 2.00. The zero-order chi connectivity index (χ0) is 15.1. The van der Waals surface area contributed by atoms with Gasteiger partial charge in [-0.05, 0) is 0 Å². The number of imidazole rings is 1. The molecule has 4 atom stereocenters. The van der Waals surface area contributed by atoms with Crippen LogP contribution in [0.25, 0.3) is 11.2 Å². The van der Waals surface area contributed by atoms with Crippen LogP contribution >= 0.6 is 0 Å². The van der Waals surface area contributed by atoms with Crippen LogP contribution in [0.15, 0.2) is 6.33 Å². The second-order valence-corrected chi connectivity index (χ2v) is 4.63. The van der Waals surface area contributed by atoms with Gasteiger partial charge in [0.05, 0.1) is 13.7 Å². The molecule has 1 fully saturated rings. The predicted molar refractivity (Wildman–Crippen MR) is 69.3 cm³/mol. The van der Waals surface area contributed by atoms with Crippen LogP contribution in [0.4, 0.5) is 5.82 Å². The molecule has 0 bridgehead atoms. The maximum atomic E-state index is 10.1. The molecule has 0 spiro atoms. The minimum absolute atomic E-state index is 0.104. The van der Waals surface area contributed by atoms with Crippen molar-refractivity contribution in [2.24, 2.45) is 0 Å². The van der Waals surface area contributed by atoms with Gasteiger partial charge in [-0.1, -0.05) is 0 Å². The lowest BCUT2D eigenvalue weighted by atomic mass is 10.1. The van der Waals surface area contributed by atoms with Crippen LogP contribution in [-0.4, -0.2) is 66.9 Å². The van der Waals surface area contributed by atoms with Gasteiger partial charge in [0.1, 0.15) is 24.6 Å². The zero-order valence-electron chi connectivity index (χ0n) is 11.1. The summed E-state index contributed by atoms with van der Waals surface area (Å²) in [7, 11) is 1.39. The van der Waals surface area contributed by atoms with E-state index in [9.17, 15) is 10.2 Å². The van der Waals surface area contributed by atoms with E-state index in [1.165, 1.54) is 18.0 Å². The maximum absolute atomic E-state index is 10.1. The summed E-state index contributed by atoms with van der Waals surface area (Å²) < 4.78 is 12.0. The van der Waals surface area contributed by atoms with E-state index < -0.39 is 31.1 Å². The zero-order valence-corrected chi connectivity index (χ0v) is 11.1. The summed E-state index contributed by atoms with van der Waals surface area (Å²) in [5, 5.41) is 29.1. The van der Waals surface area contributed by atoms with E-state index in [-0.39, 0.29) is 11.8 Å². The van der Waals surface area contributed by atoms with Gasteiger partial charge in [-0.15, -0.1) is 0 Å². The van der Waals surface area contributed by atoms with E-state index in [4.69, 9.17) is 20.3 Å². The molecule has 2 aromatic rings. The second-order valence-electron chi connectivity index (χ2n) is 4.63. The molecule has 0 saturated carbocycles. The number of rotatable bonds is 3. The Morgan fingerprint density at radius 3 is 2.76 bits per heavy atom. The van der Waals surface area contributed by atoms with Crippen molar-refractivity contribution in [1.82, 2.24) is 19.5 Å².